The van der Waals surface area contributed by atoms with Gasteiger partial charge in [0.2, 0.25) is 0 Å². The Hall–Kier alpha value is -1.87. The smallest absolute Gasteiger partial charge is 0.127 e. The Morgan fingerprint density at radius 2 is 2.19 bits per heavy atom. The predicted octanol–water partition coefficient (Wildman–Crippen LogP) is 3.50. The van der Waals surface area contributed by atoms with E-state index in [1.165, 1.54) is 11.1 Å². The van der Waals surface area contributed by atoms with Gasteiger partial charge < -0.3 is 10.1 Å². The highest BCUT2D eigenvalue weighted by Gasteiger charge is 2.22. The topological polar surface area (TPSA) is 34.2 Å². The lowest BCUT2D eigenvalue weighted by Crippen LogP contribution is -2.25. The van der Waals surface area contributed by atoms with E-state index in [1.807, 2.05) is 18.3 Å². The molecule has 1 aliphatic heterocycles. The molecule has 1 N–H and O–H groups in total. The number of nitrogens with zero attached hydrogens (tertiary/aromatic N) is 1. The van der Waals surface area contributed by atoms with Gasteiger partial charge in [-0.3, -0.25) is 4.98 Å². The highest BCUT2D eigenvalue weighted by atomic mass is 16.5. The summed E-state index contributed by atoms with van der Waals surface area (Å²) in [7, 11) is 0. The second-order valence-corrected chi connectivity index (χ2v) is 5.43. The van der Waals surface area contributed by atoms with Gasteiger partial charge in [-0.1, -0.05) is 31.2 Å². The van der Waals surface area contributed by atoms with Crippen LogP contribution in [0.15, 0.2) is 42.6 Å². The molecule has 3 heteroatoms. The summed E-state index contributed by atoms with van der Waals surface area (Å²) in [6.45, 7) is 3.96. The molecule has 21 heavy (non-hydrogen) atoms. The number of hydrogen-bond donors (Lipinski definition) is 1. The van der Waals surface area contributed by atoms with Crippen LogP contribution in [0.3, 0.4) is 0 Å². The molecule has 0 aliphatic carbocycles. The third-order valence-electron chi connectivity index (χ3n) is 3.86. The number of pyridine rings is 1. The first-order valence-electron chi connectivity index (χ1n) is 7.79. The highest BCUT2D eigenvalue weighted by molar-refractivity contribution is 5.46. The van der Waals surface area contributed by atoms with E-state index in [9.17, 15) is 0 Å². The first kappa shape index (κ1) is 14.1. The van der Waals surface area contributed by atoms with Gasteiger partial charge in [-0.15, -0.1) is 0 Å². The van der Waals surface area contributed by atoms with Gasteiger partial charge in [0.15, 0.2) is 0 Å². The number of fused-ring (bicyclic) bond motifs is 1. The summed E-state index contributed by atoms with van der Waals surface area (Å²) in [4.78, 5) is 4.54. The van der Waals surface area contributed by atoms with Crippen LogP contribution in [0.2, 0.25) is 0 Å². The molecule has 0 spiro atoms. The summed E-state index contributed by atoms with van der Waals surface area (Å²) < 4.78 is 5.97. The lowest BCUT2D eigenvalue weighted by molar-refractivity contribution is 0.283. The second kappa shape index (κ2) is 6.72. The summed E-state index contributed by atoms with van der Waals surface area (Å²) >= 11 is 0. The van der Waals surface area contributed by atoms with Crippen molar-refractivity contribution in [1.29, 1.82) is 0 Å². The number of rotatable bonds is 5. The van der Waals surface area contributed by atoms with E-state index in [-0.39, 0.29) is 6.04 Å². The maximum absolute atomic E-state index is 5.97. The molecule has 0 saturated heterocycles. The maximum atomic E-state index is 5.97. The summed E-state index contributed by atoms with van der Waals surface area (Å²) in [5, 5.41) is 3.61. The first-order chi connectivity index (χ1) is 10.4. The number of benzene rings is 1. The van der Waals surface area contributed by atoms with Gasteiger partial charge in [0.1, 0.15) is 5.75 Å². The maximum Gasteiger partial charge on any atom is 0.127 e. The third kappa shape index (κ3) is 3.08. The van der Waals surface area contributed by atoms with E-state index >= 15 is 0 Å². The zero-order valence-electron chi connectivity index (χ0n) is 12.5. The molecular weight excluding hydrogens is 260 g/mol. The van der Waals surface area contributed by atoms with E-state index in [0.717, 1.165) is 43.9 Å². The van der Waals surface area contributed by atoms with Crippen molar-refractivity contribution in [3.63, 3.8) is 0 Å². The second-order valence-electron chi connectivity index (χ2n) is 5.43. The number of aryl methyl sites for hydroxylation is 1. The Bertz CT molecular complexity index is 583. The Labute approximate surface area is 126 Å². The number of hydrogen-bond acceptors (Lipinski definition) is 3. The summed E-state index contributed by atoms with van der Waals surface area (Å²) in [5.74, 6) is 1.06. The molecule has 3 rings (SSSR count). The highest BCUT2D eigenvalue weighted by Crippen LogP contribution is 2.35. The fourth-order valence-electron chi connectivity index (χ4n) is 2.85. The van der Waals surface area contributed by atoms with Gasteiger partial charge in [-0.2, -0.15) is 0 Å². The Balaban J connectivity index is 2.00. The molecule has 0 radical (unpaired) electrons. The van der Waals surface area contributed by atoms with Crippen LogP contribution in [0.5, 0.6) is 5.75 Å². The van der Waals surface area contributed by atoms with E-state index in [4.69, 9.17) is 4.74 Å². The molecule has 110 valence electrons. The van der Waals surface area contributed by atoms with Gasteiger partial charge in [0.25, 0.3) is 0 Å². The zero-order valence-corrected chi connectivity index (χ0v) is 12.5. The van der Waals surface area contributed by atoms with Gasteiger partial charge in [0.05, 0.1) is 18.3 Å². The number of nitrogens with one attached hydrogen (secondary N) is 1. The molecule has 1 aliphatic rings. The van der Waals surface area contributed by atoms with Gasteiger partial charge in [-0.05, 0) is 43.5 Å². The lowest BCUT2D eigenvalue weighted by Gasteiger charge is -2.25. The van der Waals surface area contributed by atoms with Crippen molar-refractivity contribution in [2.24, 2.45) is 0 Å². The predicted molar refractivity (Wildman–Crippen MR) is 84.6 cm³/mol. The standard InChI is InChI=1S/C18H22N2O/c1-2-11-20-17(16-10-3-4-12-19-16)15-9-5-7-14-8-6-13-21-18(14)15/h3-5,7,9-10,12,17,20H,2,6,8,11,13H2,1H3. The zero-order chi connectivity index (χ0) is 14.5. The van der Waals surface area contributed by atoms with Gasteiger partial charge >= 0.3 is 0 Å². The molecule has 1 unspecified atom stereocenters. The number of para-hydroxylation sites is 1. The van der Waals surface area contributed by atoms with Crippen molar-refractivity contribution < 1.29 is 4.74 Å². The minimum atomic E-state index is 0.0965. The molecule has 0 bridgehead atoms. The molecule has 1 aromatic heterocycles. The molecule has 0 amide bonds. The van der Waals surface area contributed by atoms with Crippen molar-refractivity contribution in [3.05, 3.63) is 59.4 Å². The van der Waals surface area contributed by atoms with Crippen LogP contribution in [0.25, 0.3) is 0 Å². The average Bonchev–Trinajstić information content (AvgIpc) is 2.56. The van der Waals surface area contributed by atoms with Crippen LogP contribution in [0.1, 0.15) is 42.6 Å². The molecule has 0 fully saturated rings. The van der Waals surface area contributed by atoms with Gasteiger partial charge in [-0.25, -0.2) is 0 Å². The average molecular weight is 282 g/mol. The Morgan fingerprint density at radius 3 is 3.00 bits per heavy atom. The van der Waals surface area contributed by atoms with Crippen LogP contribution in [-0.2, 0) is 6.42 Å². The van der Waals surface area contributed by atoms with Crippen molar-refractivity contribution in [1.82, 2.24) is 10.3 Å². The first-order valence-corrected chi connectivity index (χ1v) is 7.79. The molecule has 0 saturated carbocycles. The van der Waals surface area contributed by atoms with Crippen LogP contribution in [0.4, 0.5) is 0 Å². The van der Waals surface area contributed by atoms with Gasteiger partial charge in [0, 0.05) is 11.8 Å². The number of aromatic nitrogens is 1. The van der Waals surface area contributed by atoms with Crippen molar-refractivity contribution in [2.75, 3.05) is 13.2 Å². The van der Waals surface area contributed by atoms with E-state index in [1.54, 1.807) is 0 Å². The molecule has 2 heterocycles. The fraction of sp³-hybridized carbons (Fsp3) is 0.389. The summed E-state index contributed by atoms with van der Waals surface area (Å²) in [6, 6.07) is 12.6. The van der Waals surface area contributed by atoms with Crippen molar-refractivity contribution >= 4 is 0 Å². The van der Waals surface area contributed by atoms with E-state index in [2.05, 4.69) is 41.5 Å². The number of ether oxygens (including phenoxy) is 1. The molecule has 1 atom stereocenters. The normalized spacial score (nSPS) is 15.1. The van der Waals surface area contributed by atoms with Crippen LogP contribution in [-0.4, -0.2) is 18.1 Å². The monoisotopic (exact) mass is 282 g/mol. The van der Waals surface area contributed by atoms with Crippen LogP contribution >= 0.6 is 0 Å². The Kier molecular flexibility index (Phi) is 4.51. The van der Waals surface area contributed by atoms with E-state index in [0.29, 0.717) is 0 Å². The fourth-order valence-corrected chi connectivity index (χ4v) is 2.85. The van der Waals surface area contributed by atoms with Crippen molar-refractivity contribution in [3.8, 4) is 5.75 Å². The van der Waals surface area contributed by atoms with Crippen LogP contribution in [0, 0.1) is 0 Å². The lowest BCUT2D eigenvalue weighted by atomic mass is 9.96. The minimum absolute atomic E-state index is 0.0965. The van der Waals surface area contributed by atoms with Crippen molar-refractivity contribution in [2.45, 2.75) is 32.2 Å². The minimum Gasteiger partial charge on any atom is -0.493 e. The SMILES string of the molecule is CCCNC(c1ccccn1)c1cccc2c1OCCC2. The Morgan fingerprint density at radius 1 is 1.24 bits per heavy atom. The van der Waals surface area contributed by atoms with E-state index < -0.39 is 0 Å². The largest absolute Gasteiger partial charge is 0.493 e. The summed E-state index contributed by atoms with van der Waals surface area (Å²) in [5.41, 5.74) is 3.57. The molecule has 1 aromatic carbocycles. The van der Waals surface area contributed by atoms with Crippen LogP contribution < -0.4 is 10.1 Å². The molecular formula is C18H22N2O. The molecule has 3 nitrogen and oxygen atoms in total. The quantitative estimate of drug-likeness (QED) is 0.911. The summed E-state index contributed by atoms with van der Waals surface area (Å²) in [6.07, 6.45) is 5.16. The molecule has 2 aromatic rings. The third-order valence-corrected chi connectivity index (χ3v) is 3.86.